The molecular formula is C19H18Cl2N2O2. The fourth-order valence-electron chi connectivity index (χ4n) is 3.43. The first-order valence-electron chi connectivity index (χ1n) is 8.36. The number of nitrogens with one attached hydrogen (secondary N) is 1. The van der Waals surface area contributed by atoms with Crippen LogP contribution in [0.15, 0.2) is 42.5 Å². The van der Waals surface area contributed by atoms with Gasteiger partial charge in [0.25, 0.3) is 5.91 Å². The lowest BCUT2D eigenvalue weighted by atomic mass is 10.0. The predicted octanol–water partition coefficient (Wildman–Crippen LogP) is 4.74. The average molecular weight is 377 g/mol. The first-order valence-corrected chi connectivity index (χ1v) is 9.12. The van der Waals surface area contributed by atoms with Crippen molar-refractivity contribution in [3.63, 3.8) is 0 Å². The van der Waals surface area contributed by atoms with E-state index in [0.29, 0.717) is 22.2 Å². The molecule has 1 amide bonds. The molecule has 2 aromatic rings. The molecule has 0 aromatic heterocycles. The van der Waals surface area contributed by atoms with Gasteiger partial charge in [0.05, 0.1) is 21.7 Å². The number of para-hydroxylation sites is 1. The summed E-state index contributed by atoms with van der Waals surface area (Å²) in [5.41, 5.74) is 2.40. The summed E-state index contributed by atoms with van der Waals surface area (Å²) in [7, 11) is 0. The Morgan fingerprint density at radius 3 is 2.76 bits per heavy atom. The number of ether oxygens (including phenoxy) is 1. The number of fused-ring (bicyclic) bond motifs is 1. The van der Waals surface area contributed by atoms with E-state index in [1.807, 2.05) is 41.3 Å². The lowest BCUT2D eigenvalue weighted by molar-refractivity contribution is 0.0427. The first-order chi connectivity index (χ1) is 12.1. The minimum atomic E-state index is -0.304. The van der Waals surface area contributed by atoms with Gasteiger partial charge in [-0.25, -0.2) is 0 Å². The van der Waals surface area contributed by atoms with E-state index < -0.39 is 0 Å². The summed E-state index contributed by atoms with van der Waals surface area (Å²) < 4.78 is 5.75. The Labute approximate surface area is 156 Å². The molecule has 0 spiro atoms. The molecular weight excluding hydrogens is 359 g/mol. The number of carbonyl (C=O) groups is 1. The van der Waals surface area contributed by atoms with Crippen molar-refractivity contribution in [3.05, 3.63) is 63.6 Å². The van der Waals surface area contributed by atoms with Crippen LogP contribution in [0.3, 0.4) is 0 Å². The van der Waals surface area contributed by atoms with Crippen LogP contribution in [0.4, 0.5) is 5.69 Å². The van der Waals surface area contributed by atoms with Crippen molar-refractivity contribution in [2.75, 3.05) is 18.5 Å². The van der Waals surface area contributed by atoms with Crippen molar-refractivity contribution >= 4 is 34.8 Å². The molecule has 130 valence electrons. The molecule has 0 unspecified atom stereocenters. The molecule has 4 rings (SSSR count). The third kappa shape index (κ3) is 3.22. The summed E-state index contributed by atoms with van der Waals surface area (Å²) in [6.07, 6.45) is 1.77. The van der Waals surface area contributed by atoms with Gasteiger partial charge >= 0.3 is 0 Å². The molecule has 25 heavy (non-hydrogen) atoms. The summed E-state index contributed by atoms with van der Waals surface area (Å²) in [5.74, 6) is 0.000854. The number of rotatable bonds is 3. The largest absolute Gasteiger partial charge is 0.376 e. The van der Waals surface area contributed by atoms with Gasteiger partial charge in [0, 0.05) is 18.8 Å². The van der Waals surface area contributed by atoms with Gasteiger partial charge in [-0.05, 0) is 42.7 Å². The van der Waals surface area contributed by atoms with E-state index in [1.165, 1.54) is 0 Å². The minimum Gasteiger partial charge on any atom is -0.376 e. The Balaban J connectivity index is 1.72. The Morgan fingerprint density at radius 1 is 1.16 bits per heavy atom. The van der Waals surface area contributed by atoms with E-state index in [-0.39, 0.29) is 18.2 Å². The van der Waals surface area contributed by atoms with E-state index in [0.717, 1.165) is 30.7 Å². The normalized spacial score (nSPS) is 22.6. The Hall–Kier alpha value is -1.75. The maximum atomic E-state index is 13.1. The number of halogens is 2. The fourth-order valence-corrected chi connectivity index (χ4v) is 3.74. The number of carbonyl (C=O) groups excluding carboxylic acids is 1. The van der Waals surface area contributed by atoms with Gasteiger partial charge in [0.1, 0.15) is 6.17 Å². The van der Waals surface area contributed by atoms with E-state index in [1.54, 1.807) is 6.07 Å². The van der Waals surface area contributed by atoms with Crippen LogP contribution in [0, 0.1) is 0 Å². The van der Waals surface area contributed by atoms with Crippen LogP contribution >= 0.6 is 23.2 Å². The zero-order valence-corrected chi connectivity index (χ0v) is 15.1. The standard InChI is InChI=1S/C19H18Cl2N2O2/c20-15-8-7-12(10-16(15)21)18-22-17-6-2-1-5-14(17)19(24)23(18)11-13-4-3-9-25-13/h1-2,5-8,10,13,18,22H,3-4,9,11H2/t13-,18+/m1/s1. The lowest BCUT2D eigenvalue weighted by Gasteiger charge is -2.39. The molecule has 0 aliphatic carbocycles. The highest BCUT2D eigenvalue weighted by Gasteiger charge is 2.35. The molecule has 1 N–H and O–H groups in total. The summed E-state index contributed by atoms with van der Waals surface area (Å²) in [6.45, 7) is 1.30. The van der Waals surface area contributed by atoms with Crippen LogP contribution in [0.1, 0.15) is 34.9 Å². The van der Waals surface area contributed by atoms with E-state index in [9.17, 15) is 4.79 Å². The summed E-state index contributed by atoms with van der Waals surface area (Å²) in [6, 6.07) is 13.0. The average Bonchev–Trinajstić information content (AvgIpc) is 3.13. The number of hydrogen-bond acceptors (Lipinski definition) is 3. The molecule has 2 aromatic carbocycles. The second kappa shape index (κ2) is 6.87. The quantitative estimate of drug-likeness (QED) is 0.840. The fraction of sp³-hybridized carbons (Fsp3) is 0.316. The predicted molar refractivity (Wildman–Crippen MR) is 99.3 cm³/mol. The van der Waals surface area contributed by atoms with Crippen LogP contribution < -0.4 is 5.32 Å². The molecule has 0 saturated carbocycles. The zero-order valence-electron chi connectivity index (χ0n) is 13.5. The van der Waals surface area contributed by atoms with Crippen molar-refractivity contribution in [3.8, 4) is 0 Å². The van der Waals surface area contributed by atoms with Gasteiger partial charge in [-0.2, -0.15) is 0 Å². The van der Waals surface area contributed by atoms with Gasteiger partial charge in [0.15, 0.2) is 0 Å². The van der Waals surface area contributed by atoms with Gasteiger partial charge in [-0.15, -0.1) is 0 Å². The summed E-state index contributed by atoms with van der Waals surface area (Å²) in [4.78, 5) is 14.9. The molecule has 6 heteroatoms. The third-order valence-electron chi connectivity index (χ3n) is 4.71. The Kier molecular flexibility index (Phi) is 4.59. The molecule has 1 saturated heterocycles. The highest BCUT2D eigenvalue weighted by atomic mass is 35.5. The van der Waals surface area contributed by atoms with Crippen molar-refractivity contribution in [2.24, 2.45) is 0 Å². The Bertz CT molecular complexity index is 806. The maximum absolute atomic E-state index is 13.1. The number of nitrogens with zero attached hydrogens (tertiary/aromatic N) is 1. The maximum Gasteiger partial charge on any atom is 0.257 e. The highest BCUT2D eigenvalue weighted by Crippen LogP contribution is 2.36. The second-order valence-electron chi connectivity index (χ2n) is 6.36. The number of anilines is 1. The zero-order chi connectivity index (χ0) is 17.4. The number of amides is 1. The first kappa shape index (κ1) is 16.7. The van der Waals surface area contributed by atoms with Gasteiger partial charge in [0.2, 0.25) is 0 Å². The number of benzene rings is 2. The summed E-state index contributed by atoms with van der Waals surface area (Å²) >= 11 is 12.3. The second-order valence-corrected chi connectivity index (χ2v) is 7.17. The third-order valence-corrected chi connectivity index (χ3v) is 5.44. The van der Waals surface area contributed by atoms with Crippen LogP contribution in [0.5, 0.6) is 0 Å². The number of hydrogen-bond donors (Lipinski definition) is 1. The topological polar surface area (TPSA) is 41.6 Å². The monoisotopic (exact) mass is 376 g/mol. The molecule has 0 bridgehead atoms. The molecule has 2 aliphatic heterocycles. The van der Waals surface area contributed by atoms with E-state index >= 15 is 0 Å². The molecule has 1 fully saturated rings. The van der Waals surface area contributed by atoms with E-state index in [4.69, 9.17) is 27.9 Å². The van der Waals surface area contributed by atoms with Crippen LogP contribution in [-0.2, 0) is 4.74 Å². The van der Waals surface area contributed by atoms with Crippen molar-refractivity contribution in [1.29, 1.82) is 0 Å². The minimum absolute atomic E-state index is 0.000854. The van der Waals surface area contributed by atoms with Gasteiger partial charge in [-0.3, -0.25) is 4.79 Å². The molecule has 4 nitrogen and oxygen atoms in total. The highest BCUT2D eigenvalue weighted by molar-refractivity contribution is 6.42. The smallest absolute Gasteiger partial charge is 0.257 e. The van der Waals surface area contributed by atoms with Crippen LogP contribution in [-0.4, -0.2) is 30.1 Å². The summed E-state index contributed by atoms with van der Waals surface area (Å²) in [5, 5.41) is 4.44. The van der Waals surface area contributed by atoms with Crippen LogP contribution in [0.25, 0.3) is 0 Å². The molecule has 0 radical (unpaired) electrons. The van der Waals surface area contributed by atoms with Crippen molar-refractivity contribution in [2.45, 2.75) is 25.1 Å². The molecule has 2 atom stereocenters. The lowest BCUT2D eigenvalue weighted by Crippen LogP contribution is -2.46. The molecule has 2 heterocycles. The van der Waals surface area contributed by atoms with Crippen molar-refractivity contribution < 1.29 is 9.53 Å². The SMILES string of the molecule is O=C1c2ccccc2N[C@H](c2ccc(Cl)c(Cl)c2)N1C[C@H]1CCCO1. The van der Waals surface area contributed by atoms with Gasteiger partial charge in [-0.1, -0.05) is 41.4 Å². The van der Waals surface area contributed by atoms with E-state index in [2.05, 4.69) is 5.32 Å². The Morgan fingerprint density at radius 2 is 2.00 bits per heavy atom. The van der Waals surface area contributed by atoms with Crippen LogP contribution in [0.2, 0.25) is 10.0 Å². The van der Waals surface area contributed by atoms with Gasteiger partial charge < -0.3 is 15.0 Å². The molecule has 2 aliphatic rings. The van der Waals surface area contributed by atoms with Crippen molar-refractivity contribution in [1.82, 2.24) is 4.90 Å².